The molecule has 0 bridgehead atoms. The summed E-state index contributed by atoms with van der Waals surface area (Å²) in [6, 6.07) is 4.90. The minimum Gasteiger partial charge on any atom is -0.377 e. The Morgan fingerprint density at radius 2 is 2.14 bits per heavy atom. The molecule has 1 aliphatic rings. The molecule has 0 aromatic heterocycles. The molecule has 22 heavy (non-hydrogen) atoms. The van der Waals surface area contributed by atoms with E-state index in [9.17, 15) is 14.9 Å². The first-order chi connectivity index (χ1) is 10.5. The zero-order chi connectivity index (χ0) is 16.1. The molecule has 0 unspecified atom stereocenters. The molecule has 120 valence electrons. The van der Waals surface area contributed by atoms with E-state index in [1.165, 1.54) is 6.07 Å². The van der Waals surface area contributed by atoms with Gasteiger partial charge in [-0.2, -0.15) is 0 Å². The van der Waals surface area contributed by atoms with Crippen LogP contribution < -0.4 is 10.6 Å². The number of nitrogens with one attached hydrogen (secondary N) is 2. The maximum absolute atomic E-state index is 12.0. The summed E-state index contributed by atoms with van der Waals surface area (Å²) in [5.74, 6) is -0.278. The minimum absolute atomic E-state index is 0.0483. The zero-order valence-corrected chi connectivity index (χ0v) is 13.0. The predicted octanol–water partition coefficient (Wildman–Crippen LogP) is 1.85. The number of nitro benzene ring substituents is 1. The van der Waals surface area contributed by atoms with E-state index < -0.39 is 4.92 Å². The smallest absolute Gasteiger partial charge is 0.293 e. The number of anilines is 1. The summed E-state index contributed by atoms with van der Waals surface area (Å²) in [4.78, 5) is 24.8. The number of carbonyl (C=O) groups excluding carboxylic acids is 1. The fraction of sp³-hybridized carbons (Fsp3) is 0.533. The lowest BCUT2D eigenvalue weighted by Gasteiger charge is -2.10. The van der Waals surface area contributed by atoms with Crippen LogP contribution in [-0.4, -0.2) is 49.0 Å². The van der Waals surface area contributed by atoms with Crippen molar-refractivity contribution in [3.8, 4) is 0 Å². The molecule has 0 saturated heterocycles. The van der Waals surface area contributed by atoms with Crippen molar-refractivity contribution in [1.82, 2.24) is 10.2 Å². The van der Waals surface area contributed by atoms with Crippen LogP contribution >= 0.6 is 0 Å². The van der Waals surface area contributed by atoms with Gasteiger partial charge in [0, 0.05) is 24.2 Å². The maximum Gasteiger partial charge on any atom is 0.293 e. The molecular weight excluding hydrogens is 284 g/mol. The van der Waals surface area contributed by atoms with Crippen LogP contribution in [0.3, 0.4) is 0 Å². The molecule has 0 atom stereocenters. The van der Waals surface area contributed by atoms with E-state index in [0.29, 0.717) is 23.8 Å². The molecule has 1 aliphatic carbocycles. The number of hydrogen-bond donors (Lipinski definition) is 2. The van der Waals surface area contributed by atoms with Crippen molar-refractivity contribution < 1.29 is 9.72 Å². The van der Waals surface area contributed by atoms with Gasteiger partial charge < -0.3 is 15.5 Å². The number of hydrogen-bond acceptors (Lipinski definition) is 5. The molecule has 1 fully saturated rings. The number of benzene rings is 1. The van der Waals surface area contributed by atoms with Crippen molar-refractivity contribution in [3.63, 3.8) is 0 Å². The molecule has 7 heteroatoms. The summed E-state index contributed by atoms with van der Waals surface area (Å²) in [5.41, 5.74) is 0.752. The van der Waals surface area contributed by atoms with Crippen LogP contribution in [0.1, 0.15) is 29.6 Å². The van der Waals surface area contributed by atoms with Gasteiger partial charge in [-0.25, -0.2) is 0 Å². The Morgan fingerprint density at radius 1 is 1.41 bits per heavy atom. The third-order valence-electron chi connectivity index (χ3n) is 3.46. The van der Waals surface area contributed by atoms with Gasteiger partial charge in [0.1, 0.15) is 5.69 Å². The van der Waals surface area contributed by atoms with Crippen LogP contribution in [0.15, 0.2) is 18.2 Å². The number of nitro groups is 1. The van der Waals surface area contributed by atoms with Crippen molar-refractivity contribution in [2.24, 2.45) is 0 Å². The third-order valence-corrected chi connectivity index (χ3v) is 3.46. The lowest BCUT2D eigenvalue weighted by Crippen LogP contribution is -2.27. The van der Waals surface area contributed by atoms with Crippen LogP contribution in [-0.2, 0) is 0 Å². The van der Waals surface area contributed by atoms with Crippen molar-refractivity contribution in [2.75, 3.05) is 32.5 Å². The van der Waals surface area contributed by atoms with Gasteiger partial charge >= 0.3 is 0 Å². The summed E-state index contributed by atoms with van der Waals surface area (Å²) in [5, 5.41) is 17.1. The zero-order valence-electron chi connectivity index (χ0n) is 13.0. The molecule has 0 aliphatic heterocycles. The Morgan fingerprint density at radius 3 is 2.73 bits per heavy atom. The number of rotatable bonds is 8. The standard InChI is InChI=1S/C15H22N4O3/c1-18(2)9-3-8-16-15(20)11-4-7-13(17-12-5-6-12)14(10-11)19(21)22/h4,7,10,12,17H,3,5-6,8-9H2,1-2H3,(H,16,20). The molecule has 2 N–H and O–H groups in total. The molecule has 1 aromatic rings. The second-order valence-electron chi connectivity index (χ2n) is 5.82. The van der Waals surface area contributed by atoms with E-state index in [1.54, 1.807) is 12.1 Å². The highest BCUT2D eigenvalue weighted by Crippen LogP contribution is 2.31. The number of amides is 1. The lowest BCUT2D eigenvalue weighted by atomic mass is 10.1. The molecular formula is C15H22N4O3. The Bertz CT molecular complexity index is 556. The van der Waals surface area contributed by atoms with Gasteiger partial charge in [-0.15, -0.1) is 0 Å². The van der Waals surface area contributed by atoms with Crippen molar-refractivity contribution in [3.05, 3.63) is 33.9 Å². The van der Waals surface area contributed by atoms with Crippen LogP contribution in [0.4, 0.5) is 11.4 Å². The quantitative estimate of drug-likeness (QED) is 0.435. The fourth-order valence-corrected chi connectivity index (χ4v) is 2.09. The summed E-state index contributed by atoms with van der Waals surface area (Å²) >= 11 is 0. The van der Waals surface area contributed by atoms with E-state index in [0.717, 1.165) is 25.8 Å². The first-order valence-electron chi connectivity index (χ1n) is 7.45. The van der Waals surface area contributed by atoms with Gasteiger partial charge in [0.05, 0.1) is 4.92 Å². The Labute approximate surface area is 129 Å². The average Bonchev–Trinajstić information content (AvgIpc) is 3.27. The molecule has 1 saturated carbocycles. The van der Waals surface area contributed by atoms with Gasteiger partial charge in [0.25, 0.3) is 11.6 Å². The van der Waals surface area contributed by atoms with Gasteiger partial charge in [-0.3, -0.25) is 14.9 Å². The fourth-order valence-electron chi connectivity index (χ4n) is 2.09. The summed E-state index contributed by atoms with van der Waals surface area (Å²) < 4.78 is 0. The molecule has 1 aromatic carbocycles. The summed E-state index contributed by atoms with van der Waals surface area (Å²) in [7, 11) is 3.94. The number of nitrogens with zero attached hydrogens (tertiary/aromatic N) is 2. The second-order valence-corrected chi connectivity index (χ2v) is 5.82. The number of carbonyl (C=O) groups is 1. The van der Waals surface area contributed by atoms with E-state index in [-0.39, 0.29) is 11.6 Å². The molecule has 2 rings (SSSR count). The Hall–Kier alpha value is -2.15. The maximum atomic E-state index is 12.0. The first-order valence-corrected chi connectivity index (χ1v) is 7.45. The lowest BCUT2D eigenvalue weighted by molar-refractivity contribution is -0.384. The van der Waals surface area contributed by atoms with Crippen molar-refractivity contribution >= 4 is 17.3 Å². The third kappa shape index (κ3) is 4.70. The van der Waals surface area contributed by atoms with E-state index in [1.807, 2.05) is 19.0 Å². The van der Waals surface area contributed by atoms with E-state index >= 15 is 0 Å². The van der Waals surface area contributed by atoms with Crippen molar-refractivity contribution in [2.45, 2.75) is 25.3 Å². The normalized spacial score (nSPS) is 14.0. The van der Waals surface area contributed by atoms with Gasteiger partial charge in [-0.1, -0.05) is 0 Å². The first kappa shape index (κ1) is 16.2. The van der Waals surface area contributed by atoms with Crippen LogP contribution in [0.2, 0.25) is 0 Å². The molecule has 0 heterocycles. The molecule has 0 radical (unpaired) electrons. The highest BCUT2D eigenvalue weighted by atomic mass is 16.6. The van der Waals surface area contributed by atoms with Gasteiger partial charge in [0.15, 0.2) is 0 Å². The molecule has 1 amide bonds. The Balaban J connectivity index is 1.99. The SMILES string of the molecule is CN(C)CCCNC(=O)c1ccc(NC2CC2)c([N+](=O)[O-])c1. The highest BCUT2D eigenvalue weighted by Gasteiger charge is 2.25. The highest BCUT2D eigenvalue weighted by molar-refractivity contribution is 5.95. The Kier molecular flexibility index (Phi) is 5.32. The summed E-state index contributed by atoms with van der Waals surface area (Å²) in [6.07, 6.45) is 2.90. The van der Waals surface area contributed by atoms with Crippen LogP contribution in [0, 0.1) is 10.1 Å². The van der Waals surface area contributed by atoms with E-state index in [2.05, 4.69) is 10.6 Å². The molecule has 7 nitrogen and oxygen atoms in total. The average molecular weight is 306 g/mol. The summed E-state index contributed by atoms with van der Waals surface area (Å²) in [6.45, 7) is 1.43. The minimum atomic E-state index is -0.451. The van der Waals surface area contributed by atoms with Crippen LogP contribution in [0.25, 0.3) is 0 Å². The topological polar surface area (TPSA) is 87.5 Å². The van der Waals surface area contributed by atoms with E-state index in [4.69, 9.17) is 0 Å². The predicted molar refractivity (Wildman–Crippen MR) is 85.2 cm³/mol. The second kappa shape index (κ2) is 7.22. The van der Waals surface area contributed by atoms with Gasteiger partial charge in [0.2, 0.25) is 0 Å². The molecule has 0 spiro atoms. The van der Waals surface area contributed by atoms with Crippen molar-refractivity contribution in [1.29, 1.82) is 0 Å². The largest absolute Gasteiger partial charge is 0.377 e. The monoisotopic (exact) mass is 306 g/mol. The van der Waals surface area contributed by atoms with Gasteiger partial charge in [-0.05, 0) is 52.0 Å². The van der Waals surface area contributed by atoms with Crippen LogP contribution in [0.5, 0.6) is 0 Å².